The Kier molecular flexibility index (Phi) is 5.27. The van der Waals surface area contributed by atoms with Gasteiger partial charge in [-0.25, -0.2) is 9.97 Å². The molecule has 3 aromatic heterocycles. The van der Waals surface area contributed by atoms with Gasteiger partial charge in [0.1, 0.15) is 11.4 Å². The van der Waals surface area contributed by atoms with Crippen LogP contribution in [0.25, 0.3) is 33.6 Å². The Labute approximate surface area is 186 Å². The van der Waals surface area contributed by atoms with Gasteiger partial charge in [-0.15, -0.1) is 0 Å². The van der Waals surface area contributed by atoms with E-state index >= 15 is 0 Å². The lowest BCUT2D eigenvalue weighted by Crippen LogP contribution is -2.14. The summed E-state index contributed by atoms with van der Waals surface area (Å²) in [6.45, 7) is -2.90. The van der Waals surface area contributed by atoms with Crippen LogP contribution in [0, 0.1) is 0 Å². The smallest absolute Gasteiger partial charge is 0.387 e. The molecule has 0 fully saturated rings. The molecule has 0 unspecified atom stereocenters. The molecule has 0 atom stereocenters. The van der Waals surface area contributed by atoms with Crippen LogP contribution in [0.4, 0.5) is 14.7 Å². The first-order valence-corrected chi connectivity index (χ1v) is 9.92. The zero-order chi connectivity index (χ0) is 22.8. The number of para-hydroxylation sites is 1. The lowest BCUT2D eigenvalue weighted by molar-refractivity contribution is -0.0498. The zero-order valence-electron chi connectivity index (χ0n) is 17.0. The zero-order valence-corrected chi connectivity index (χ0v) is 17.0. The van der Waals surface area contributed by atoms with Gasteiger partial charge >= 0.3 is 6.61 Å². The second kappa shape index (κ2) is 8.54. The number of ether oxygens (including phenoxy) is 1. The van der Waals surface area contributed by atoms with Gasteiger partial charge in [0.25, 0.3) is 5.91 Å². The van der Waals surface area contributed by atoms with Crippen molar-refractivity contribution < 1.29 is 22.7 Å². The highest BCUT2D eigenvalue weighted by molar-refractivity contribution is 6.12. The number of imidazole rings is 1. The molecule has 5 aromatic rings. The largest absolute Gasteiger partial charge is 0.463 e. The molecule has 2 N–H and O–H groups in total. The summed E-state index contributed by atoms with van der Waals surface area (Å²) in [6.07, 6.45) is 3.11. The quantitative estimate of drug-likeness (QED) is 0.347. The summed E-state index contributed by atoms with van der Waals surface area (Å²) in [5.74, 6) is 0.520. The van der Waals surface area contributed by atoms with E-state index in [-0.39, 0.29) is 17.6 Å². The van der Waals surface area contributed by atoms with E-state index in [9.17, 15) is 13.6 Å². The number of carbonyl (C=O) groups excluding carboxylic acids is 1. The number of aromatic nitrogens is 3. The van der Waals surface area contributed by atoms with E-state index in [2.05, 4.69) is 25.0 Å². The fraction of sp³-hybridized carbons (Fsp3) is 0.0417. The van der Waals surface area contributed by atoms with Crippen molar-refractivity contribution in [2.45, 2.75) is 6.61 Å². The Morgan fingerprint density at radius 3 is 2.64 bits per heavy atom. The lowest BCUT2D eigenvalue weighted by Gasteiger charge is -2.10. The van der Waals surface area contributed by atoms with Crippen molar-refractivity contribution in [3.05, 3.63) is 84.8 Å². The maximum absolute atomic E-state index is 13.2. The third-order valence-electron chi connectivity index (χ3n) is 4.93. The van der Waals surface area contributed by atoms with Crippen molar-refractivity contribution in [1.82, 2.24) is 15.0 Å². The molecule has 0 aliphatic carbocycles. The number of carbonyl (C=O) groups is 1. The predicted molar refractivity (Wildman–Crippen MR) is 118 cm³/mol. The van der Waals surface area contributed by atoms with Crippen molar-refractivity contribution in [3.8, 4) is 28.5 Å². The molecule has 0 radical (unpaired) electrons. The average Bonchev–Trinajstić information content (AvgIpc) is 3.50. The van der Waals surface area contributed by atoms with Gasteiger partial charge in [0.05, 0.1) is 29.2 Å². The van der Waals surface area contributed by atoms with Gasteiger partial charge in [0.15, 0.2) is 5.76 Å². The highest BCUT2D eigenvalue weighted by Crippen LogP contribution is 2.27. The number of furan rings is 1. The normalized spacial score (nSPS) is 11.1. The van der Waals surface area contributed by atoms with E-state index in [0.29, 0.717) is 39.2 Å². The molecular formula is C24H16F2N4O3. The van der Waals surface area contributed by atoms with E-state index in [1.54, 1.807) is 54.9 Å². The number of amides is 1. The maximum atomic E-state index is 13.2. The monoisotopic (exact) mass is 446 g/mol. The molecule has 0 spiro atoms. The van der Waals surface area contributed by atoms with E-state index in [0.717, 1.165) is 0 Å². The number of hydrogen-bond donors (Lipinski definition) is 2. The minimum Gasteiger partial charge on any atom is -0.463 e. The number of anilines is 1. The fourth-order valence-corrected chi connectivity index (χ4v) is 3.43. The first-order valence-electron chi connectivity index (χ1n) is 9.92. The van der Waals surface area contributed by atoms with E-state index in [1.807, 2.05) is 12.1 Å². The summed E-state index contributed by atoms with van der Waals surface area (Å²) >= 11 is 0. The summed E-state index contributed by atoms with van der Waals surface area (Å²) in [5, 5.41) is 3.43. The molecule has 7 nitrogen and oxygen atoms in total. The number of H-pyrrole nitrogens is 1. The Morgan fingerprint density at radius 2 is 1.88 bits per heavy atom. The lowest BCUT2D eigenvalue weighted by atomic mass is 10.0. The molecule has 33 heavy (non-hydrogen) atoms. The molecule has 9 heteroatoms. The molecule has 0 saturated carbocycles. The van der Waals surface area contributed by atoms with Crippen LogP contribution < -0.4 is 10.1 Å². The number of fused-ring (bicyclic) bond motifs is 1. The average molecular weight is 446 g/mol. The number of aromatic amines is 1. The molecule has 0 aliphatic heterocycles. The SMILES string of the molecule is O=C(Nc1ncc(-c2ccco2)[nH]1)c1cc(-c2ccc(OC(F)F)cc2)nc2ccccc12. The molecule has 0 aliphatic rings. The molecule has 5 rings (SSSR count). The topological polar surface area (TPSA) is 93.0 Å². The molecule has 2 aromatic carbocycles. The van der Waals surface area contributed by atoms with Crippen molar-refractivity contribution >= 4 is 22.8 Å². The van der Waals surface area contributed by atoms with Gasteiger partial charge in [-0.2, -0.15) is 8.78 Å². The molecule has 164 valence electrons. The molecule has 3 heterocycles. The van der Waals surface area contributed by atoms with Crippen LogP contribution in [0.1, 0.15) is 10.4 Å². The van der Waals surface area contributed by atoms with Crippen LogP contribution in [0.3, 0.4) is 0 Å². The molecule has 0 bridgehead atoms. The summed E-state index contributed by atoms with van der Waals surface area (Å²) < 4.78 is 34.6. The Morgan fingerprint density at radius 1 is 1.06 bits per heavy atom. The standard InChI is InChI=1S/C24H16F2N4O3/c25-23(26)33-15-9-7-14(8-10-15)19-12-17(16-4-1-2-5-18(16)28-19)22(31)30-24-27-13-20(29-24)21-6-3-11-32-21/h1-13,23H,(H2,27,29,30,31). The first kappa shape index (κ1) is 20.4. The summed E-state index contributed by atoms with van der Waals surface area (Å²) in [7, 11) is 0. The van der Waals surface area contributed by atoms with Crippen molar-refractivity contribution in [1.29, 1.82) is 0 Å². The highest BCUT2D eigenvalue weighted by Gasteiger charge is 2.16. The van der Waals surface area contributed by atoms with Crippen LogP contribution in [0.15, 0.2) is 83.6 Å². The maximum Gasteiger partial charge on any atom is 0.387 e. The van der Waals surface area contributed by atoms with Crippen molar-refractivity contribution in [2.24, 2.45) is 0 Å². The molecular weight excluding hydrogens is 430 g/mol. The van der Waals surface area contributed by atoms with Crippen LogP contribution in [-0.2, 0) is 0 Å². The predicted octanol–water partition coefficient (Wildman–Crippen LogP) is 5.74. The second-order valence-corrected chi connectivity index (χ2v) is 7.05. The Balaban J connectivity index is 1.47. The van der Waals surface area contributed by atoms with E-state index in [1.165, 1.54) is 12.1 Å². The van der Waals surface area contributed by atoms with Crippen molar-refractivity contribution in [2.75, 3.05) is 5.32 Å². The number of hydrogen-bond acceptors (Lipinski definition) is 5. The summed E-state index contributed by atoms with van der Waals surface area (Å²) in [6, 6.07) is 18.5. The highest BCUT2D eigenvalue weighted by atomic mass is 19.3. The second-order valence-electron chi connectivity index (χ2n) is 7.05. The number of alkyl halides is 2. The Bertz CT molecular complexity index is 1410. The van der Waals surface area contributed by atoms with Crippen LogP contribution in [0.2, 0.25) is 0 Å². The fourth-order valence-electron chi connectivity index (χ4n) is 3.43. The number of nitrogens with zero attached hydrogens (tertiary/aromatic N) is 2. The van der Waals surface area contributed by atoms with Crippen LogP contribution in [-0.4, -0.2) is 27.5 Å². The summed E-state index contributed by atoms with van der Waals surface area (Å²) in [4.78, 5) is 25.0. The van der Waals surface area contributed by atoms with Crippen LogP contribution >= 0.6 is 0 Å². The van der Waals surface area contributed by atoms with Crippen LogP contribution in [0.5, 0.6) is 5.75 Å². The third kappa shape index (κ3) is 4.29. The van der Waals surface area contributed by atoms with Gasteiger partial charge in [0, 0.05) is 10.9 Å². The van der Waals surface area contributed by atoms with Gasteiger partial charge in [-0.05, 0) is 48.5 Å². The number of rotatable bonds is 6. The van der Waals surface area contributed by atoms with Gasteiger partial charge < -0.3 is 14.1 Å². The van der Waals surface area contributed by atoms with E-state index in [4.69, 9.17) is 4.42 Å². The van der Waals surface area contributed by atoms with Gasteiger partial charge in [-0.1, -0.05) is 18.2 Å². The first-order chi connectivity index (χ1) is 16.1. The number of halogens is 2. The minimum atomic E-state index is -2.90. The Hall–Kier alpha value is -4.53. The number of nitrogens with one attached hydrogen (secondary N) is 2. The van der Waals surface area contributed by atoms with Crippen molar-refractivity contribution in [3.63, 3.8) is 0 Å². The number of benzene rings is 2. The van der Waals surface area contributed by atoms with E-state index < -0.39 is 6.61 Å². The molecule has 0 saturated heterocycles. The third-order valence-corrected chi connectivity index (χ3v) is 4.93. The van der Waals surface area contributed by atoms with Gasteiger partial charge in [0.2, 0.25) is 5.95 Å². The van der Waals surface area contributed by atoms with Gasteiger partial charge in [-0.3, -0.25) is 10.1 Å². The minimum absolute atomic E-state index is 0.0395. The summed E-state index contributed by atoms with van der Waals surface area (Å²) in [5.41, 5.74) is 2.79. The number of pyridine rings is 1. The molecule has 1 amide bonds.